The van der Waals surface area contributed by atoms with Crippen molar-refractivity contribution in [3.63, 3.8) is 0 Å². The first-order chi connectivity index (χ1) is 5.56. The third-order valence-corrected chi connectivity index (χ3v) is 5.29. The molecule has 0 aromatic rings. The third-order valence-electron chi connectivity index (χ3n) is 1.41. The minimum absolute atomic E-state index is 0. The second-order valence-corrected chi connectivity index (χ2v) is 6.41. The zero-order chi connectivity index (χ0) is 10.9. The minimum Gasteiger partial charge on any atom is -0.367 e. The van der Waals surface area contributed by atoms with Crippen molar-refractivity contribution in [3.05, 3.63) is 0 Å². The molecule has 0 bridgehead atoms. The normalized spacial score (nSPS) is 13.6. The minimum atomic E-state index is -5.31. The monoisotopic (exact) mass is 258 g/mol. The van der Waals surface area contributed by atoms with Gasteiger partial charge in [-0.15, -0.1) is 0 Å². The fraction of sp³-hybridized carbons (Fsp3) is 1.00. The van der Waals surface area contributed by atoms with E-state index in [1.54, 1.807) is 0 Å². The molecule has 0 aromatic carbocycles. The SMILES string of the molecule is NCCC(O)(P(=O)(O)O)P(=O)(O)O.[Na]. The van der Waals surface area contributed by atoms with Gasteiger partial charge < -0.3 is 30.4 Å². The molecule has 0 unspecified atom stereocenters. The van der Waals surface area contributed by atoms with Crippen molar-refractivity contribution in [2.75, 3.05) is 6.54 Å². The molecule has 0 aliphatic heterocycles. The van der Waals surface area contributed by atoms with Crippen molar-refractivity contribution < 1.29 is 33.8 Å². The van der Waals surface area contributed by atoms with Crippen molar-refractivity contribution >= 4 is 44.7 Å². The summed E-state index contributed by atoms with van der Waals surface area (Å²) in [5.41, 5.74) is 4.86. The van der Waals surface area contributed by atoms with E-state index in [1.807, 2.05) is 0 Å². The number of nitrogens with two attached hydrogens (primary N) is 1. The Balaban J connectivity index is 0. The van der Waals surface area contributed by atoms with Crippen LogP contribution in [0.3, 0.4) is 0 Å². The van der Waals surface area contributed by atoms with Gasteiger partial charge in [-0.05, 0) is 6.54 Å². The Labute approximate surface area is 102 Å². The van der Waals surface area contributed by atoms with Crippen LogP contribution in [0.5, 0.6) is 0 Å². The molecule has 0 aromatic heterocycles. The van der Waals surface area contributed by atoms with Crippen LogP contribution in [0.4, 0.5) is 0 Å². The zero-order valence-corrected chi connectivity index (χ0v) is 11.2. The van der Waals surface area contributed by atoms with E-state index in [-0.39, 0.29) is 29.6 Å². The summed E-state index contributed by atoms with van der Waals surface area (Å²) in [4.78, 5) is 34.1. The summed E-state index contributed by atoms with van der Waals surface area (Å²) in [5.74, 6) is 0. The summed E-state index contributed by atoms with van der Waals surface area (Å²) in [7, 11) is -10.6. The van der Waals surface area contributed by atoms with E-state index in [2.05, 4.69) is 0 Å². The van der Waals surface area contributed by atoms with Gasteiger partial charge in [-0.3, -0.25) is 9.13 Å². The molecular weight excluding hydrogens is 247 g/mol. The Kier molecular flexibility index (Phi) is 6.94. The van der Waals surface area contributed by atoms with Gasteiger partial charge in [-0.25, -0.2) is 0 Å². The Hall–Kier alpha value is 1.22. The predicted molar refractivity (Wildman–Crippen MR) is 48.5 cm³/mol. The van der Waals surface area contributed by atoms with Gasteiger partial charge in [0.2, 0.25) is 0 Å². The Morgan fingerprint density at radius 2 is 1.36 bits per heavy atom. The summed E-state index contributed by atoms with van der Waals surface area (Å²) in [5, 5.41) is 5.71. The van der Waals surface area contributed by atoms with E-state index in [0.29, 0.717) is 0 Å². The molecule has 0 aliphatic rings. The van der Waals surface area contributed by atoms with Crippen LogP contribution in [-0.4, -0.2) is 65.9 Å². The molecular formula is C3H11NNaO7P2. The van der Waals surface area contributed by atoms with Gasteiger partial charge in [0.15, 0.2) is 0 Å². The van der Waals surface area contributed by atoms with Gasteiger partial charge >= 0.3 is 15.2 Å². The maximum atomic E-state index is 10.6. The van der Waals surface area contributed by atoms with Crippen LogP contribution >= 0.6 is 15.2 Å². The Morgan fingerprint density at radius 3 is 1.43 bits per heavy atom. The topological polar surface area (TPSA) is 161 Å². The maximum Gasteiger partial charge on any atom is 0.369 e. The summed E-state index contributed by atoms with van der Waals surface area (Å²) in [6, 6.07) is 0. The first-order valence-corrected chi connectivity index (χ1v) is 6.32. The van der Waals surface area contributed by atoms with Crippen LogP contribution in [0.25, 0.3) is 0 Å². The van der Waals surface area contributed by atoms with Gasteiger partial charge in [0, 0.05) is 36.0 Å². The third kappa shape index (κ3) is 3.66. The summed E-state index contributed by atoms with van der Waals surface area (Å²) >= 11 is 0. The average Bonchev–Trinajstić information content (AvgIpc) is 1.82. The van der Waals surface area contributed by atoms with Crippen LogP contribution in [0.2, 0.25) is 0 Å². The molecule has 0 amide bonds. The Morgan fingerprint density at radius 1 is 1.07 bits per heavy atom. The molecule has 0 aliphatic carbocycles. The molecule has 0 spiro atoms. The van der Waals surface area contributed by atoms with E-state index in [9.17, 15) is 9.13 Å². The van der Waals surface area contributed by atoms with Crippen LogP contribution in [0.1, 0.15) is 6.42 Å². The number of hydrogen-bond acceptors (Lipinski definition) is 4. The molecule has 7 N–H and O–H groups in total. The van der Waals surface area contributed by atoms with E-state index in [4.69, 9.17) is 30.4 Å². The van der Waals surface area contributed by atoms with Crippen LogP contribution in [0.15, 0.2) is 0 Å². The molecule has 0 rings (SSSR count). The van der Waals surface area contributed by atoms with E-state index < -0.39 is 33.2 Å². The van der Waals surface area contributed by atoms with Gasteiger partial charge in [0.25, 0.3) is 5.08 Å². The summed E-state index contributed by atoms with van der Waals surface area (Å²) in [6.07, 6.45) is -0.873. The zero-order valence-electron chi connectivity index (χ0n) is 7.44. The summed E-state index contributed by atoms with van der Waals surface area (Å²) < 4.78 is 21.2. The van der Waals surface area contributed by atoms with E-state index in [1.165, 1.54) is 0 Å². The molecule has 8 nitrogen and oxygen atoms in total. The molecule has 0 fully saturated rings. The fourth-order valence-electron chi connectivity index (χ4n) is 0.655. The number of aliphatic hydroxyl groups is 1. The van der Waals surface area contributed by atoms with Gasteiger partial charge in [0.1, 0.15) is 0 Å². The van der Waals surface area contributed by atoms with Gasteiger partial charge in [-0.2, -0.15) is 0 Å². The van der Waals surface area contributed by atoms with Gasteiger partial charge in [-0.1, -0.05) is 0 Å². The number of hydrogen-bond donors (Lipinski definition) is 6. The molecule has 0 saturated carbocycles. The second kappa shape index (κ2) is 5.52. The van der Waals surface area contributed by atoms with Crippen molar-refractivity contribution in [3.8, 4) is 0 Å². The predicted octanol–water partition coefficient (Wildman–Crippen LogP) is -2.04. The molecule has 0 atom stereocenters. The molecule has 0 saturated heterocycles. The molecule has 81 valence electrons. The van der Waals surface area contributed by atoms with Crippen LogP contribution < -0.4 is 5.73 Å². The Bertz CT molecular complexity index is 248. The maximum absolute atomic E-state index is 10.6. The van der Waals surface area contributed by atoms with Crippen molar-refractivity contribution in [2.45, 2.75) is 11.5 Å². The molecule has 14 heavy (non-hydrogen) atoms. The van der Waals surface area contributed by atoms with Crippen molar-refractivity contribution in [2.24, 2.45) is 5.73 Å². The largest absolute Gasteiger partial charge is 0.369 e. The van der Waals surface area contributed by atoms with E-state index in [0.717, 1.165) is 0 Å². The van der Waals surface area contributed by atoms with Crippen LogP contribution in [-0.2, 0) is 9.13 Å². The fourth-order valence-corrected chi connectivity index (χ4v) is 2.85. The van der Waals surface area contributed by atoms with Gasteiger partial charge in [0.05, 0.1) is 0 Å². The standard InChI is InChI=1S/C3H11NO7P2.Na/c4-2-1-3(5,12(6,7)8)13(9,10)11;/h5H,1-2,4H2,(H2,6,7,8)(H2,9,10,11);. The first kappa shape index (κ1) is 17.6. The molecule has 0 heterocycles. The van der Waals surface area contributed by atoms with Crippen molar-refractivity contribution in [1.29, 1.82) is 0 Å². The second-order valence-electron chi connectivity index (χ2n) is 2.40. The van der Waals surface area contributed by atoms with Crippen LogP contribution in [0, 0.1) is 0 Å². The number of rotatable bonds is 4. The summed E-state index contributed by atoms with van der Waals surface area (Å²) in [6.45, 7) is -0.452. The first-order valence-electron chi connectivity index (χ1n) is 3.10. The smallest absolute Gasteiger partial charge is 0.367 e. The van der Waals surface area contributed by atoms with Crippen molar-refractivity contribution in [1.82, 2.24) is 0 Å². The quantitative estimate of drug-likeness (QED) is 0.248. The molecule has 1 radical (unpaired) electrons. The average molecular weight is 258 g/mol. The molecule has 11 heteroatoms. The van der Waals surface area contributed by atoms with E-state index >= 15 is 0 Å².